The third-order valence-electron chi connectivity index (χ3n) is 4.52. The minimum absolute atomic E-state index is 0.130. The van der Waals surface area contributed by atoms with Crippen LogP contribution in [0.4, 0.5) is 0 Å². The molecule has 1 aromatic carbocycles. The summed E-state index contributed by atoms with van der Waals surface area (Å²) in [6.45, 7) is 4.26. The first-order chi connectivity index (χ1) is 10.1. The van der Waals surface area contributed by atoms with Gasteiger partial charge >= 0.3 is 5.97 Å². The Morgan fingerprint density at radius 1 is 1.29 bits per heavy atom. The van der Waals surface area contributed by atoms with E-state index in [0.29, 0.717) is 12.5 Å². The number of carbonyl (C=O) groups is 1. The lowest BCUT2D eigenvalue weighted by molar-refractivity contribution is -0.141. The molecule has 1 saturated carbocycles. The van der Waals surface area contributed by atoms with Crippen LogP contribution in [0, 0.1) is 13.8 Å². The van der Waals surface area contributed by atoms with Crippen molar-refractivity contribution >= 4 is 5.97 Å². The first-order valence-corrected chi connectivity index (χ1v) is 7.97. The lowest BCUT2D eigenvalue weighted by Crippen LogP contribution is -2.39. The summed E-state index contributed by atoms with van der Waals surface area (Å²) in [6, 6.07) is 7.29. The van der Waals surface area contributed by atoms with Crippen molar-refractivity contribution in [1.82, 2.24) is 5.32 Å². The van der Waals surface area contributed by atoms with Crippen molar-refractivity contribution in [3.05, 3.63) is 34.9 Å². The Balaban J connectivity index is 2.02. The van der Waals surface area contributed by atoms with E-state index in [1.807, 2.05) is 0 Å². The highest BCUT2D eigenvalue weighted by Gasteiger charge is 2.21. The molecule has 0 radical (unpaired) electrons. The van der Waals surface area contributed by atoms with E-state index in [4.69, 9.17) is 4.74 Å². The number of nitrogens with one attached hydrogen (secondary N) is 1. The van der Waals surface area contributed by atoms with Gasteiger partial charge in [-0.25, -0.2) is 0 Å². The molecule has 1 aliphatic rings. The highest BCUT2D eigenvalue weighted by Crippen LogP contribution is 2.20. The quantitative estimate of drug-likeness (QED) is 0.817. The normalized spacial score (nSPS) is 16.9. The second-order valence-electron chi connectivity index (χ2n) is 6.25. The summed E-state index contributed by atoms with van der Waals surface area (Å²) in [6.07, 6.45) is 6.38. The molecule has 1 aliphatic carbocycles. The molecule has 3 heteroatoms. The average Bonchev–Trinajstić information content (AvgIpc) is 2.95. The van der Waals surface area contributed by atoms with Crippen LogP contribution in [0.5, 0.6) is 0 Å². The molecule has 0 spiro atoms. The molecule has 1 N–H and O–H groups in total. The Kier molecular flexibility index (Phi) is 5.80. The van der Waals surface area contributed by atoms with Gasteiger partial charge in [0.25, 0.3) is 0 Å². The molecule has 1 fully saturated rings. The zero-order valence-corrected chi connectivity index (χ0v) is 13.4. The summed E-state index contributed by atoms with van der Waals surface area (Å²) < 4.78 is 4.85. The van der Waals surface area contributed by atoms with Gasteiger partial charge in [-0.05, 0) is 49.8 Å². The Hall–Kier alpha value is -1.35. The molecule has 0 heterocycles. The highest BCUT2D eigenvalue weighted by atomic mass is 16.5. The molecule has 2 rings (SSSR count). The van der Waals surface area contributed by atoms with Crippen LogP contribution in [0.15, 0.2) is 18.2 Å². The van der Waals surface area contributed by atoms with Gasteiger partial charge in [0, 0.05) is 12.1 Å². The standard InChI is InChI=1S/C18H27NO2/c1-13-8-9-15(10-14(13)2)11-17(12-18(20)21-3)19-16-6-4-5-7-16/h8-10,16-17,19H,4-7,11-12H2,1-3H3. The third-order valence-corrected chi connectivity index (χ3v) is 4.52. The van der Waals surface area contributed by atoms with Gasteiger partial charge in [0.1, 0.15) is 0 Å². The maximum Gasteiger partial charge on any atom is 0.307 e. The van der Waals surface area contributed by atoms with Gasteiger partial charge in [0.2, 0.25) is 0 Å². The van der Waals surface area contributed by atoms with E-state index in [0.717, 1.165) is 6.42 Å². The van der Waals surface area contributed by atoms with Gasteiger partial charge in [0.15, 0.2) is 0 Å². The molecular formula is C18H27NO2. The summed E-state index contributed by atoms with van der Waals surface area (Å²) in [5.74, 6) is -0.130. The van der Waals surface area contributed by atoms with Gasteiger partial charge in [-0.3, -0.25) is 4.79 Å². The molecule has 21 heavy (non-hydrogen) atoms. The first kappa shape index (κ1) is 16.0. The molecule has 1 unspecified atom stereocenters. The fraction of sp³-hybridized carbons (Fsp3) is 0.611. The molecule has 116 valence electrons. The molecule has 0 saturated heterocycles. The second-order valence-corrected chi connectivity index (χ2v) is 6.25. The summed E-state index contributed by atoms with van der Waals surface area (Å²) in [4.78, 5) is 11.6. The SMILES string of the molecule is COC(=O)CC(Cc1ccc(C)c(C)c1)NC1CCCC1. The fourth-order valence-corrected chi connectivity index (χ4v) is 3.12. The van der Waals surface area contributed by atoms with E-state index in [-0.39, 0.29) is 12.0 Å². The zero-order chi connectivity index (χ0) is 15.2. The predicted molar refractivity (Wildman–Crippen MR) is 85.4 cm³/mol. The molecule has 1 aromatic rings. The van der Waals surface area contributed by atoms with Gasteiger partial charge in [-0.15, -0.1) is 0 Å². The number of carbonyl (C=O) groups excluding carboxylic acids is 1. The highest BCUT2D eigenvalue weighted by molar-refractivity contribution is 5.70. The summed E-state index contributed by atoms with van der Waals surface area (Å²) in [7, 11) is 1.46. The number of hydrogen-bond acceptors (Lipinski definition) is 3. The third kappa shape index (κ3) is 4.85. The molecule has 0 amide bonds. The largest absolute Gasteiger partial charge is 0.469 e. The number of hydrogen-bond donors (Lipinski definition) is 1. The smallest absolute Gasteiger partial charge is 0.307 e. The Bertz CT molecular complexity index is 478. The van der Waals surface area contributed by atoms with Crippen molar-refractivity contribution in [2.24, 2.45) is 0 Å². The van der Waals surface area contributed by atoms with E-state index in [1.165, 1.54) is 49.5 Å². The van der Waals surface area contributed by atoms with Crippen LogP contribution in [0.2, 0.25) is 0 Å². The minimum atomic E-state index is -0.130. The van der Waals surface area contributed by atoms with E-state index in [9.17, 15) is 4.79 Å². The van der Waals surface area contributed by atoms with Gasteiger partial charge < -0.3 is 10.1 Å². The van der Waals surface area contributed by atoms with Gasteiger partial charge in [0.05, 0.1) is 13.5 Å². The molecule has 0 aromatic heterocycles. The number of aryl methyl sites for hydroxylation is 2. The molecule has 0 bridgehead atoms. The Labute approximate surface area is 128 Å². The monoisotopic (exact) mass is 289 g/mol. The molecule has 1 atom stereocenters. The van der Waals surface area contributed by atoms with Gasteiger partial charge in [-0.1, -0.05) is 31.0 Å². The van der Waals surface area contributed by atoms with Gasteiger partial charge in [-0.2, -0.15) is 0 Å². The van der Waals surface area contributed by atoms with Crippen molar-refractivity contribution in [3.63, 3.8) is 0 Å². The van der Waals surface area contributed by atoms with Crippen molar-refractivity contribution in [1.29, 1.82) is 0 Å². The predicted octanol–water partition coefficient (Wildman–Crippen LogP) is 3.31. The Morgan fingerprint density at radius 3 is 2.62 bits per heavy atom. The van der Waals surface area contributed by atoms with E-state index in [1.54, 1.807) is 0 Å². The molecule has 3 nitrogen and oxygen atoms in total. The van der Waals surface area contributed by atoms with Crippen LogP contribution in [0.25, 0.3) is 0 Å². The summed E-state index contributed by atoms with van der Waals surface area (Å²) >= 11 is 0. The number of methoxy groups -OCH3 is 1. The molecular weight excluding hydrogens is 262 g/mol. The maximum absolute atomic E-state index is 11.6. The van der Waals surface area contributed by atoms with Crippen LogP contribution in [0.3, 0.4) is 0 Å². The van der Waals surface area contributed by atoms with E-state index < -0.39 is 0 Å². The second kappa shape index (κ2) is 7.60. The van der Waals surface area contributed by atoms with Crippen LogP contribution in [0.1, 0.15) is 48.8 Å². The first-order valence-electron chi connectivity index (χ1n) is 7.97. The van der Waals surface area contributed by atoms with Crippen molar-refractivity contribution in [3.8, 4) is 0 Å². The Morgan fingerprint density at radius 2 is 2.00 bits per heavy atom. The van der Waals surface area contributed by atoms with Crippen LogP contribution < -0.4 is 5.32 Å². The van der Waals surface area contributed by atoms with Crippen LogP contribution >= 0.6 is 0 Å². The molecule has 0 aliphatic heterocycles. The maximum atomic E-state index is 11.6. The zero-order valence-electron chi connectivity index (χ0n) is 13.4. The summed E-state index contributed by atoms with van der Waals surface area (Å²) in [5.41, 5.74) is 3.91. The number of rotatable bonds is 6. The van der Waals surface area contributed by atoms with Crippen molar-refractivity contribution in [2.75, 3.05) is 7.11 Å². The lowest BCUT2D eigenvalue weighted by Gasteiger charge is -2.22. The topological polar surface area (TPSA) is 38.3 Å². The average molecular weight is 289 g/mol. The number of benzene rings is 1. The fourth-order valence-electron chi connectivity index (χ4n) is 3.12. The van der Waals surface area contributed by atoms with Crippen molar-refractivity contribution < 1.29 is 9.53 Å². The lowest BCUT2D eigenvalue weighted by atomic mass is 9.98. The van der Waals surface area contributed by atoms with E-state index in [2.05, 4.69) is 37.4 Å². The van der Waals surface area contributed by atoms with E-state index >= 15 is 0 Å². The number of ether oxygens (including phenoxy) is 1. The van der Waals surface area contributed by atoms with Crippen LogP contribution in [-0.4, -0.2) is 25.2 Å². The van der Waals surface area contributed by atoms with Crippen molar-refractivity contribution in [2.45, 2.75) is 64.5 Å². The number of esters is 1. The van der Waals surface area contributed by atoms with Crippen LogP contribution in [-0.2, 0) is 16.0 Å². The minimum Gasteiger partial charge on any atom is -0.469 e. The summed E-state index contributed by atoms with van der Waals surface area (Å²) in [5, 5.41) is 3.66.